The van der Waals surface area contributed by atoms with Crippen LogP contribution >= 0.6 is 0 Å². The fourth-order valence-corrected chi connectivity index (χ4v) is 2.42. The van der Waals surface area contributed by atoms with E-state index in [1.165, 1.54) is 18.2 Å². The lowest BCUT2D eigenvalue weighted by molar-refractivity contribution is -0.149. The molecule has 8 heteroatoms. The largest absolute Gasteiger partial charge is 0.482 e. The number of halogens is 1. The summed E-state index contributed by atoms with van der Waals surface area (Å²) in [7, 11) is 0. The number of hydrogen-bond donors (Lipinski definition) is 2. The van der Waals surface area contributed by atoms with Gasteiger partial charge in [0.2, 0.25) is 0 Å². The molecule has 140 valence electrons. The number of aliphatic carboxylic acids is 1. The topological polar surface area (TPSA) is 102 Å². The van der Waals surface area contributed by atoms with E-state index in [9.17, 15) is 19.1 Å². The number of rotatable bonds is 9. The molecule has 0 atom stereocenters. The van der Waals surface area contributed by atoms with Gasteiger partial charge in [-0.3, -0.25) is 9.59 Å². The number of carboxylic acid groups (broad SMARTS) is 1. The summed E-state index contributed by atoms with van der Waals surface area (Å²) >= 11 is 0. The van der Waals surface area contributed by atoms with E-state index >= 15 is 0 Å². The number of carbonyl (C=O) groups excluding carboxylic acids is 1. The van der Waals surface area contributed by atoms with Gasteiger partial charge in [-0.2, -0.15) is 0 Å². The van der Waals surface area contributed by atoms with Crippen molar-refractivity contribution >= 4 is 11.9 Å². The summed E-state index contributed by atoms with van der Waals surface area (Å²) < 4.78 is 23.8. The Labute approximate surface area is 150 Å². The van der Waals surface area contributed by atoms with E-state index in [-0.39, 0.29) is 30.4 Å². The molecule has 2 aromatic rings. The second-order valence-electron chi connectivity index (χ2n) is 5.87. The number of carbonyl (C=O) groups is 2. The number of para-hydroxylation sites is 1. The van der Waals surface area contributed by atoms with Crippen LogP contribution in [0, 0.1) is 11.2 Å². The Morgan fingerprint density at radius 3 is 2.62 bits per heavy atom. The monoisotopic (exact) mass is 364 g/mol. The van der Waals surface area contributed by atoms with Gasteiger partial charge in [0.05, 0.1) is 5.41 Å². The summed E-state index contributed by atoms with van der Waals surface area (Å²) in [5.41, 5.74) is -1.01. The lowest BCUT2D eigenvalue weighted by atomic mass is 9.82. The summed E-state index contributed by atoms with van der Waals surface area (Å²) in [6.07, 6.45) is 0.777. The Kier molecular flexibility index (Phi) is 6.32. The number of nitrogens with zero attached hydrogens (tertiary/aromatic N) is 1. The summed E-state index contributed by atoms with van der Waals surface area (Å²) in [6, 6.07) is 7.29. The summed E-state index contributed by atoms with van der Waals surface area (Å²) in [4.78, 5) is 23.6. The maximum atomic E-state index is 13.5. The number of aromatic nitrogens is 1. The van der Waals surface area contributed by atoms with Crippen molar-refractivity contribution in [1.82, 2.24) is 10.5 Å². The number of carboxylic acids is 1. The maximum Gasteiger partial charge on any atom is 0.311 e. The second kappa shape index (κ2) is 8.46. The highest BCUT2D eigenvalue weighted by molar-refractivity contribution is 5.92. The second-order valence-corrected chi connectivity index (χ2v) is 5.87. The molecular weight excluding hydrogens is 343 g/mol. The molecule has 7 nitrogen and oxygen atoms in total. The Morgan fingerprint density at radius 2 is 2.00 bits per heavy atom. The standard InChI is InChI=1S/C18H21FN2O5/c1-3-18(4-2,17(23)24)11-20-16(22)14-9-12(26-21-14)10-25-15-8-6-5-7-13(15)19/h5-9H,3-4,10-11H2,1-2H3,(H,20,22)(H,23,24). The minimum atomic E-state index is -1.02. The number of amides is 1. The van der Waals surface area contributed by atoms with E-state index < -0.39 is 23.1 Å². The summed E-state index contributed by atoms with van der Waals surface area (Å²) in [5.74, 6) is -1.70. The van der Waals surface area contributed by atoms with E-state index in [4.69, 9.17) is 9.26 Å². The van der Waals surface area contributed by atoms with E-state index in [1.54, 1.807) is 26.0 Å². The molecule has 0 aliphatic carbocycles. The van der Waals surface area contributed by atoms with Crippen molar-refractivity contribution < 1.29 is 28.3 Å². The minimum absolute atomic E-state index is 0.00336. The number of nitrogens with one attached hydrogen (secondary N) is 1. The van der Waals surface area contributed by atoms with Crippen molar-refractivity contribution in [2.24, 2.45) is 5.41 Å². The zero-order valence-electron chi connectivity index (χ0n) is 14.6. The zero-order chi connectivity index (χ0) is 19.2. The van der Waals surface area contributed by atoms with E-state index in [0.717, 1.165) is 0 Å². The van der Waals surface area contributed by atoms with Gasteiger partial charge >= 0.3 is 5.97 Å². The van der Waals surface area contributed by atoms with Crippen LogP contribution in [0.25, 0.3) is 0 Å². The molecule has 1 amide bonds. The maximum absolute atomic E-state index is 13.5. The molecule has 0 fully saturated rings. The van der Waals surface area contributed by atoms with Crippen LogP contribution in [0.15, 0.2) is 34.9 Å². The molecule has 2 N–H and O–H groups in total. The highest BCUT2D eigenvalue weighted by atomic mass is 19.1. The fraction of sp³-hybridized carbons (Fsp3) is 0.389. The molecule has 0 spiro atoms. The van der Waals surface area contributed by atoms with Gasteiger partial charge in [-0.05, 0) is 25.0 Å². The van der Waals surface area contributed by atoms with Crippen LogP contribution < -0.4 is 10.1 Å². The first-order valence-corrected chi connectivity index (χ1v) is 8.26. The lowest BCUT2D eigenvalue weighted by Gasteiger charge is -2.26. The van der Waals surface area contributed by atoms with Crippen molar-refractivity contribution in [3.05, 3.63) is 47.6 Å². The highest BCUT2D eigenvalue weighted by Gasteiger charge is 2.35. The Morgan fingerprint density at radius 1 is 1.31 bits per heavy atom. The van der Waals surface area contributed by atoms with Crippen LogP contribution in [0.5, 0.6) is 5.75 Å². The van der Waals surface area contributed by atoms with Crippen LogP contribution in [0.3, 0.4) is 0 Å². The average molecular weight is 364 g/mol. The smallest absolute Gasteiger partial charge is 0.311 e. The van der Waals surface area contributed by atoms with Crippen molar-refractivity contribution in [3.8, 4) is 5.75 Å². The first-order valence-electron chi connectivity index (χ1n) is 8.26. The van der Waals surface area contributed by atoms with Gasteiger partial charge in [-0.15, -0.1) is 0 Å². The molecule has 0 bridgehead atoms. The van der Waals surface area contributed by atoms with Crippen molar-refractivity contribution in [3.63, 3.8) is 0 Å². The van der Waals surface area contributed by atoms with Gasteiger partial charge in [0, 0.05) is 12.6 Å². The number of hydrogen-bond acceptors (Lipinski definition) is 5. The van der Waals surface area contributed by atoms with Gasteiger partial charge in [0.25, 0.3) is 5.91 Å². The summed E-state index contributed by atoms with van der Waals surface area (Å²) in [6.45, 7) is 3.42. The molecule has 0 saturated heterocycles. The van der Waals surface area contributed by atoms with Crippen LogP contribution in [0.2, 0.25) is 0 Å². The molecule has 1 aromatic heterocycles. The zero-order valence-corrected chi connectivity index (χ0v) is 14.6. The van der Waals surface area contributed by atoms with Crippen LogP contribution in [0.1, 0.15) is 42.9 Å². The molecule has 0 aliphatic rings. The molecule has 1 aromatic carbocycles. The van der Waals surface area contributed by atoms with Gasteiger partial charge < -0.3 is 19.7 Å². The molecule has 1 heterocycles. The third-order valence-corrected chi connectivity index (χ3v) is 4.39. The molecule has 0 radical (unpaired) electrons. The quantitative estimate of drug-likeness (QED) is 0.709. The first kappa shape index (κ1) is 19.4. The molecule has 0 saturated carbocycles. The van der Waals surface area contributed by atoms with Crippen molar-refractivity contribution in [2.75, 3.05) is 6.54 Å². The Hall–Kier alpha value is -2.90. The number of benzene rings is 1. The minimum Gasteiger partial charge on any atom is -0.482 e. The highest BCUT2D eigenvalue weighted by Crippen LogP contribution is 2.25. The SMILES string of the molecule is CCC(CC)(CNC(=O)c1cc(COc2ccccc2F)on1)C(=O)O. The van der Waals surface area contributed by atoms with Gasteiger partial charge in [0.1, 0.15) is 6.61 Å². The third-order valence-electron chi connectivity index (χ3n) is 4.39. The Bertz CT molecular complexity index is 770. The molecule has 2 rings (SSSR count). The lowest BCUT2D eigenvalue weighted by Crippen LogP contribution is -2.42. The van der Waals surface area contributed by atoms with Crippen molar-refractivity contribution in [1.29, 1.82) is 0 Å². The van der Waals surface area contributed by atoms with Crippen LogP contribution in [0.4, 0.5) is 4.39 Å². The third kappa shape index (κ3) is 4.38. The van der Waals surface area contributed by atoms with Gasteiger partial charge in [0.15, 0.2) is 23.0 Å². The van der Waals surface area contributed by atoms with Crippen molar-refractivity contribution in [2.45, 2.75) is 33.3 Å². The fourth-order valence-electron chi connectivity index (χ4n) is 2.42. The predicted molar refractivity (Wildman–Crippen MR) is 90.2 cm³/mol. The molecular formula is C18H21FN2O5. The first-order chi connectivity index (χ1) is 12.4. The van der Waals surface area contributed by atoms with Gasteiger partial charge in [-0.25, -0.2) is 4.39 Å². The van der Waals surface area contributed by atoms with Gasteiger partial charge in [-0.1, -0.05) is 31.1 Å². The molecule has 0 aliphatic heterocycles. The normalized spacial score (nSPS) is 11.2. The summed E-state index contributed by atoms with van der Waals surface area (Å²) in [5, 5.41) is 15.6. The average Bonchev–Trinajstić information content (AvgIpc) is 3.11. The van der Waals surface area contributed by atoms with Crippen LogP contribution in [-0.4, -0.2) is 28.7 Å². The van der Waals surface area contributed by atoms with Crippen LogP contribution in [-0.2, 0) is 11.4 Å². The molecule has 26 heavy (non-hydrogen) atoms. The van der Waals surface area contributed by atoms with E-state index in [2.05, 4.69) is 10.5 Å². The van der Waals surface area contributed by atoms with E-state index in [1.807, 2.05) is 0 Å². The predicted octanol–water partition coefficient (Wildman–Crippen LogP) is 3.01. The molecule has 0 unspecified atom stereocenters. The Balaban J connectivity index is 1.95. The number of ether oxygens (including phenoxy) is 1. The van der Waals surface area contributed by atoms with E-state index in [0.29, 0.717) is 12.8 Å².